The number of thiazole rings is 1. The summed E-state index contributed by atoms with van der Waals surface area (Å²) in [6.45, 7) is 4.89. The van der Waals surface area contributed by atoms with E-state index < -0.39 is 28.0 Å². The highest BCUT2D eigenvalue weighted by atomic mass is 32.2. The summed E-state index contributed by atoms with van der Waals surface area (Å²) in [7, 11) is -3.62. The Morgan fingerprint density at radius 2 is 2.00 bits per heavy atom. The first-order valence-electron chi connectivity index (χ1n) is 11.5. The average molecular weight is 551 g/mol. The van der Waals surface area contributed by atoms with Gasteiger partial charge in [-0.05, 0) is 19.1 Å². The molecular weight excluding hydrogens is 524 g/mol. The van der Waals surface area contributed by atoms with Gasteiger partial charge in [0.25, 0.3) is 0 Å². The van der Waals surface area contributed by atoms with Gasteiger partial charge in [0, 0.05) is 34.5 Å². The Kier molecular flexibility index (Phi) is 6.62. The molecule has 1 amide bonds. The number of nitrogens with zero attached hydrogens (tertiary/aromatic N) is 3. The average Bonchev–Trinajstić information content (AvgIpc) is 3.36. The van der Waals surface area contributed by atoms with Gasteiger partial charge in [-0.15, -0.1) is 23.1 Å². The maximum absolute atomic E-state index is 12.5. The van der Waals surface area contributed by atoms with E-state index in [4.69, 9.17) is 0 Å². The van der Waals surface area contributed by atoms with Crippen molar-refractivity contribution in [1.29, 1.82) is 0 Å². The van der Waals surface area contributed by atoms with Gasteiger partial charge in [0.1, 0.15) is 5.70 Å². The molecule has 5 rings (SSSR count). The minimum Gasteiger partial charge on any atom is -0.477 e. The molecule has 2 aromatic rings. The maximum atomic E-state index is 12.5. The molecule has 2 fully saturated rings. The van der Waals surface area contributed by atoms with Crippen molar-refractivity contribution in [2.45, 2.75) is 42.7 Å². The largest absolute Gasteiger partial charge is 0.477 e. The van der Waals surface area contributed by atoms with E-state index in [2.05, 4.69) is 14.6 Å². The van der Waals surface area contributed by atoms with E-state index in [1.54, 1.807) is 25.1 Å². The molecule has 4 heterocycles. The number of nitrogens with one attached hydrogen (secondary N) is 1. The number of carboxylic acids is 1. The number of sulfonamides is 1. The number of amides is 1. The lowest BCUT2D eigenvalue weighted by atomic mass is 9.79. The topological polar surface area (TPSA) is 140 Å². The fourth-order valence-electron chi connectivity index (χ4n) is 4.90. The fraction of sp³-hybridized carbons (Fsp3) is 0.435. The van der Waals surface area contributed by atoms with Crippen molar-refractivity contribution in [2.75, 3.05) is 18.0 Å². The fourth-order valence-corrected chi connectivity index (χ4v) is 8.29. The summed E-state index contributed by atoms with van der Waals surface area (Å²) < 4.78 is 27.4. The number of aliphatic hydroxyl groups is 1. The molecule has 3 aliphatic heterocycles. The predicted octanol–water partition coefficient (Wildman–Crippen LogP) is 1.70. The molecular formula is C23H26N4O6S3. The number of carbonyl (C=O) groups excluding carboxylic acids is 1. The minimum absolute atomic E-state index is 0.0417. The Balaban J connectivity index is 1.19. The smallest absolute Gasteiger partial charge is 0.353 e. The molecule has 192 valence electrons. The van der Waals surface area contributed by atoms with Crippen LogP contribution in [0, 0.1) is 11.8 Å². The normalized spacial score (nSPS) is 25.0. The molecule has 1 aromatic carbocycles. The first-order chi connectivity index (χ1) is 17.1. The molecule has 1 aromatic heterocycles. The zero-order valence-corrected chi connectivity index (χ0v) is 22.0. The third-order valence-electron chi connectivity index (χ3n) is 6.76. The number of hydrogen-bond acceptors (Lipinski definition) is 9. The summed E-state index contributed by atoms with van der Waals surface area (Å²) >= 11 is 2.91. The SMILES string of the molecule is C[C@@H](O)C1C(=O)N2C(C(=O)O)=C(SC3CN(c4nc(CNS(=O)(=O)c5ccccc5)cs4)C3)[C@H](C)C12. The van der Waals surface area contributed by atoms with Crippen LogP contribution in [0.4, 0.5) is 5.13 Å². The molecule has 0 bridgehead atoms. The van der Waals surface area contributed by atoms with Crippen LogP contribution in [0.1, 0.15) is 19.5 Å². The summed E-state index contributed by atoms with van der Waals surface area (Å²) in [6.07, 6.45) is -0.823. The number of fused-ring (bicyclic) bond motifs is 1. The highest BCUT2D eigenvalue weighted by molar-refractivity contribution is 8.03. The summed E-state index contributed by atoms with van der Waals surface area (Å²) in [5.41, 5.74) is 0.665. The van der Waals surface area contributed by atoms with Crippen molar-refractivity contribution in [1.82, 2.24) is 14.6 Å². The Labute approximate surface area is 217 Å². The van der Waals surface area contributed by atoms with Gasteiger partial charge >= 0.3 is 5.97 Å². The molecule has 3 N–H and O–H groups in total. The molecule has 36 heavy (non-hydrogen) atoms. The molecule has 2 unspecified atom stereocenters. The monoisotopic (exact) mass is 550 g/mol. The summed E-state index contributed by atoms with van der Waals surface area (Å²) in [5, 5.41) is 22.5. The number of benzene rings is 1. The van der Waals surface area contributed by atoms with Crippen LogP contribution in [-0.4, -0.2) is 70.9 Å². The van der Waals surface area contributed by atoms with Crippen LogP contribution in [0.5, 0.6) is 0 Å². The molecule has 2 saturated heterocycles. The number of anilines is 1. The Morgan fingerprint density at radius 1 is 1.31 bits per heavy atom. The van der Waals surface area contributed by atoms with Crippen molar-refractivity contribution in [3.8, 4) is 0 Å². The molecule has 0 aliphatic carbocycles. The van der Waals surface area contributed by atoms with Gasteiger partial charge in [-0.1, -0.05) is 25.1 Å². The molecule has 10 nitrogen and oxygen atoms in total. The molecule has 0 radical (unpaired) electrons. The van der Waals surface area contributed by atoms with Gasteiger partial charge in [0.2, 0.25) is 15.9 Å². The second-order valence-corrected chi connectivity index (χ2v) is 13.1. The van der Waals surface area contributed by atoms with E-state index >= 15 is 0 Å². The van der Waals surface area contributed by atoms with Gasteiger partial charge in [-0.2, -0.15) is 0 Å². The highest BCUT2D eigenvalue weighted by Gasteiger charge is 2.60. The lowest BCUT2D eigenvalue weighted by Crippen LogP contribution is -2.63. The summed E-state index contributed by atoms with van der Waals surface area (Å²) in [6, 6.07) is 7.84. The van der Waals surface area contributed by atoms with Crippen LogP contribution in [0.25, 0.3) is 0 Å². The van der Waals surface area contributed by atoms with Crippen LogP contribution in [-0.2, 0) is 26.2 Å². The van der Waals surface area contributed by atoms with Crippen LogP contribution >= 0.6 is 23.1 Å². The molecule has 0 spiro atoms. The Bertz CT molecular complexity index is 1320. The van der Waals surface area contributed by atoms with Gasteiger partial charge in [-0.25, -0.2) is 22.9 Å². The number of carbonyl (C=O) groups is 2. The zero-order chi connectivity index (χ0) is 25.8. The predicted molar refractivity (Wildman–Crippen MR) is 136 cm³/mol. The van der Waals surface area contributed by atoms with E-state index in [1.807, 2.05) is 12.3 Å². The lowest BCUT2D eigenvalue weighted by Gasteiger charge is -2.46. The van der Waals surface area contributed by atoms with Crippen molar-refractivity contribution >= 4 is 50.1 Å². The van der Waals surface area contributed by atoms with E-state index in [9.17, 15) is 28.2 Å². The number of rotatable bonds is 9. The van der Waals surface area contributed by atoms with Crippen LogP contribution in [0.2, 0.25) is 0 Å². The number of aromatic nitrogens is 1. The molecule has 4 atom stereocenters. The van der Waals surface area contributed by atoms with E-state index in [1.165, 1.54) is 40.1 Å². The van der Waals surface area contributed by atoms with Crippen molar-refractivity contribution < 1.29 is 28.2 Å². The number of hydrogen-bond donors (Lipinski definition) is 3. The maximum Gasteiger partial charge on any atom is 0.353 e. The van der Waals surface area contributed by atoms with Gasteiger partial charge < -0.3 is 20.0 Å². The van der Waals surface area contributed by atoms with Crippen molar-refractivity contribution in [2.24, 2.45) is 11.8 Å². The third-order valence-corrected chi connectivity index (χ3v) is 10.6. The van der Waals surface area contributed by atoms with Crippen molar-refractivity contribution in [3.05, 3.63) is 52.0 Å². The molecule has 3 aliphatic rings. The van der Waals surface area contributed by atoms with Crippen molar-refractivity contribution in [3.63, 3.8) is 0 Å². The van der Waals surface area contributed by atoms with Crippen LogP contribution in [0.15, 0.2) is 51.2 Å². The summed E-state index contributed by atoms with van der Waals surface area (Å²) in [5.74, 6) is -2.18. The second kappa shape index (κ2) is 9.45. The number of thioether (sulfide) groups is 1. The van der Waals surface area contributed by atoms with Gasteiger partial charge in [0.15, 0.2) is 5.13 Å². The first-order valence-corrected chi connectivity index (χ1v) is 14.7. The van der Waals surface area contributed by atoms with Gasteiger partial charge in [-0.3, -0.25) is 4.79 Å². The standard InChI is InChI=1S/C23H26N4O6S3/c1-12-18-17(13(2)28)21(29)27(18)19(22(30)31)20(12)35-15-9-26(10-15)23-25-14(11-34-23)8-24-36(32,33)16-6-4-3-5-7-16/h3-7,11-13,15,17-18,24,28H,8-10H2,1-2H3,(H,30,31)/t12-,13-,17?,18?/m1/s1. The number of carboxylic acid groups (broad SMARTS) is 1. The molecule has 0 saturated carbocycles. The first kappa shape index (κ1) is 25.2. The number of β-lactam (4-membered cyclic amide) rings is 1. The second-order valence-electron chi connectivity index (χ2n) is 9.18. The van der Waals surface area contributed by atoms with Crippen LogP contribution < -0.4 is 9.62 Å². The molecule has 13 heteroatoms. The third kappa shape index (κ3) is 4.32. The summed E-state index contributed by atoms with van der Waals surface area (Å²) in [4.78, 5) is 33.3. The highest BCUT2D eigenvalue weighted by Crippen LogP contribution is 2.52. The van der Waals surface area contributed by atoms with E-state index in [-0.39, 0.29) is 40.3 Å². The minimum atomic E-state index is -3.62. The van der Waals surface area contributed by atoms with E-state index in [0.29, 0.717) is 23.7 Å². The zero-order valence-electron chi connectivity index (χ0n) is 19.6. The quantitative estimate of drug-likeness (QED) is 0.398. The Hall–Kier alpha value is -2.45. The number of aliphatic hydroxyl groups excluding tert-OH is 1. The van der Waals surface area contributed by atoms with E-state index in [0.717, 1.165) is 5.13 Å². The van der Waals surface area contributed by atoms with Gasteiger partial charge in [0.05, 0.1) is 35.2 Å². The number of aliphatic carboxylic acids is 1. The lowest BCUT2D eigenvalue weighted by molar-refractivity contribution is -0.163. The Morgan fingerprint density at radius 3 is 2.64 bits per heavy atom. The van der Waals surface area contributed by atoms with Crippen LogP contribution in [0.3, 0.4) is 0 Å².